The maximum atomic E-state index is 4.75. The minimum absolute atomic E-state index is 0. The molecular weight excluding hydrogens is 423 g/mol. The molecule has 8 heteroatoms. The van der Waals surface area contributed by atoms with Crippen molar-refractivity contribution in [1.29, 1.82) is 0 Å². The van der Waals surface area contributed by atoms with Crippen LogP contribution in [0.5, 0.6) is 0 Å². The smallest absolute Gasteiger partial charge is 0.194 e. The van der Waals surface area contributed by atoms with Crippen LogP contribution >= 0.6 is 35.7 Å². The van der Waals surface area contributed by atoms with Gasteiger partial charge in [0.1, 0.15) is 12.4 Å². The van der Waals surface area contributed by atoms with Gasteiger partial charge in [0.15, 0.2) is 11.8 Å². The lowest BCUT2D eigenvalue weighted by Crippen LogP contribution is -2.48. The minimum atomic E-state index is 0. The average molecular weight is 450 g/mol. The second kappa shape index (κ2) is 10.2. The molecule has 0 aromatic carbocycles. The molecule has 1 N–H and O–H groups in total. The first-order valence-electron chi connectivity index (χ1n) is 7.76. The van der Waals surface area contributed by atoms with Crippen LogP contribution in [0.15, 0.2) is 17.6 Å². The third-order valence-electron chi connectivity index (χ3n) is 3.85. The zero-order valence-electron chi connectivity index (χ0n) is 14.2. The summed E-state index contributed by atoms with van der Waals surface area (Å²) >= 11 is 2.06. The number of halogens is 1. The predicted octanol–water partition coefficient (Wildman–Crippen LogP) is 2.20. The molecule has 0 radical (unpaired) electrons. The van der Waals surface area contributed by atoms with E-state index in [0.29, 0.717) is 11.8 Å². The fraction of sp³-hybridized carbons (Fsp3) is 0.667. The number of thioether (sulfide) groups is 1. The molecule has 1 aliphatic rings. The molecule has 130 valence electrons. The number of aryl methyl sites for hydroxylation is 1. The SMILES string of the molecule is C=CCNC(=NCc1nnc(C)n1C)N1CCSC(CC)C1.I. The van der Waals surface area contributed by atoms with Gasteiger partial charge >= 0.3 is 0 Å². The van der Waals surface area contributed by atoms with E-state index in [2.05, 4.69) is 45.7 Å². The summed E-state index contributed by atoms with van der Waals surface area (Å²) in [6.45, 7) is 11.3. The van der Waals surface area contributed by atoms with E-state index in [1.54, 1.807) is 0 Å². The second-order valence-electron chi connectivity index (χ2n) is 5.38. The molecule has 1 fully saturated rings. The van der Waals surface area contributed by atoms with E-state index in [4.69, 9.17) is 4.99 Å². The zero-order chi connectivity index (χ0) is 15.9. The van der Waals surface area contributed by atoms with Gasteiger partial charge in [0.05, 0.1) is 0 Å². The fourth-order valence-corrected chi connectivity index (χ4v) is 3.50. The Morgan fingerprint density at radius 2 is 2.30 bits per heavy atom. The van der Waals surface area contributed by atoms with Crippen molar-refractivity contribution in [3.8, 4) is 0 Å². The number of nitrogens with zero attached hydrogens (tertiary/aromatic N) is 5. The normalized spacial score (nSPS) is 18.5. The van der Waals surface area contributed by atoms with Crippen molar-refractivity contribution in [3.05, 3.63) is 24.3 Å². The second-order valence-corrected chi connectivity index (χ2v) is 6.79. The van der Waals surface area contributed by atoms with E-state index in [-0.39, 0.29) is 24.0 Å². The summed E-state index contributed by atoms with van der Waals surface area (Å²) in [5.41, 5.74) is 0. The topological polar surface area (TPSA) is 58.3 Å². The van der Waals surface area contributed by atoms with Crippen LogP contribution in [0.1, 0.15) is 25.0 Å². The lowest BCUT2D eigenvalue weighted by molar-refractivity contribution is 0.408. The molecule has 1 aromatic rings. The van der Waals surface area contributed by atoms with Gasteiger partial charge in [0.25, 0.3) is 0 Å². The fourth-order valence-electron chi connectivity index (χ4n) is 2.32. The monoisotopic (exact) mass is 450 g/mol. The Morgan fingerprint density at radius 1 is 1.52 bits per heavy atom. The summed E-state index contributed by atoms with van der Waals surface area (Å²) in [6, 6.07) is 0. The van der Waals surface area contributed by atoms with Crippen molar-refractivity contribution in [3.63, 3.8) is 0 Å². The highest BCUT2D eigenvalue weighted by molar-refractivity contribution is 14.0. The molecule has 0 bridgehead atoms. The first-order chi connectivity index (χ1) is 10.7. The third kappa shape index (κ3) is 5.66. The van der Waals surface area contributed by atoms with Crippen molar-refractivity contribution in [2.45, 2.75) is 32.1 Å². The average Bonchev–Trinajstić information content (AvgIpc) is 2.87. The van der Waals surface area contributed by atoms with E-state index in [0.717, 1.165) is 43.0 Å². The van der Waals surface area contributed by atoms with Gasteiger partial charge in [-0.2, -0.15) is 11.8 Å². The molecule has 1 aromatic heterocycles. The molecule has 23 heavy (non-hydrogen) atoms. The minimum Gasteiger partial charge on any atom is -0.353 e. The van der Waals surface area contributed by atoms with Crippen molar-refractivity contribution in [2.75, 3.05) is 25.4 Å². The Balaban J connectivity index is 0.00000264. The molecule has 1 saturated heterocycles. The van der Waals surface area contributed by atoms with E-state index in [1.165, 1.54) is 6.42 Å². The van der Waals surface area contributed by atoms with Crippen molar-refractivity contribution < 1.29 is 0 Å². The van der Waals surface area contributed by atoms with Crippen LogP contribution in [0.25, 0.3) is 0 Å². The highest BCUT2D eigenvalue weighted by Gasteiger charge is 2.21. The van der Waals surface area contributed by atoms with Gasteiger partial charge in [-0.3, -0.25) is 0 Å². The molecule has 2 rings (SSSR count). The van der Waals surface area contributed by atoms with Crippen LogP contribution in [0, 0.1) is 6.92 Å². The maximum absolute atomic E-state index is 4.75. The van der Waals surface area contributed by atoms with Gasteiger partial charge in [-0.1, -0.05) is 13.0 Å². The summed E-state index contributed by atoms with van der Waals surface area (Å²) in [5, 5.41) is 12.3. The Hall–Kier alpha value is -0.770. The standard InChI is InChI=1S/C15H26N6S.HI/c1-5-7-16-15(21-8-9-22-13(6-2)11-21)17-10-14-19-18-12(3)20(14)4;/h5,13H,1,6-11H2,2-4H3,(H,16,17);1H. The molecule has 0 spiro atoms. The Kier molecular flexibility index (Phi) is 8.96. The summed E-state index contributed by atoms with van der Waals surface area (Å²) in [7, 11) is 1.97. The third-order valence-corrected chi connectivity index (χ3v) is 5.22. The molecule has 1 atom stereocenters. The number of hydrogen-bond donors (Lipinski definition) is 1. The largest absolute Gasteiger partial charge is 0.353 e. The zero-order valence-corrected chi connectivity index (χ0v) is 17.3. The van der Waals surface area contributed by atoms with Gasteiger partial charge in [0, 0.05) is 37.7 Å². The van der Waals surface area contributed by atoms with E-state index >= 15 is 0 Å². The van der Waals surface area contributed by atoms with Crippen LogP contribution in [-0.2, 0) is 13.6 Å². The van der Waals surface area contributed by atoms with Gasteiger partial charge < -0.3 is 14.8 Å². The number of guanidine groups is 1. The summed E-state index contributed by atoms with van der Waals surface area (Å²) in [4.78, 5) is 7.09. The first kappa shape index (κ1) is 20.3. The van der Waals surface area contributed by atoms with Gasteiger partial charge in [-0.25, -0.2) is 4.99 Å². The number of hydrogen-bond acceptors (Lipinski definition) is 4. The Morgan fingerprint density at radius 3 is 2.91 bits per heavy atom. The lowest BCUT2D eigenvalue weighted by Gasteiger charge is -2.34. The van der Waals surface area contributed by atoms with Crippen molar-refractivity contribution >= 4 is 41.7 Å². The molecule has 0 amide bonds. The molecular formula is C15H27IN6S. The highest BCUT2D eigenvalue weighted by atomic mass is 127. The molecule has 1 aliphatic heterocycles. The Labute approximate surface area is 160 Å². The van der Waals surface area contributed by atoms with Crippen molar-refractivity contribution in [2.24, 2.45) is 12.0 Å². The lowest BCUT2D eigenvalue weighted by atomic mass is 10.3. The van der Waals surface area contributed by atoms with Crippen LogP contribution in [-0.4, -0.2) is 56.3 Å². The van der Waals surface area contributed by atoms with Crippen LogP contribution in [0.3, 0.4) is 0 Å². The summed E-state index contributed by atoms with van der Waals surface area (Å²) in [5.74, 6) is 3.88. The predicted molar refractivity (Wildman–Crippen MR) is 109 cm³/mol. The quantitative estimate of drug-likeness (QED) is 0.323. The summed E-state index contributed by atoms with van der Waals surface area (Å²) < 4.78 is 1.98. The van der Waals surface area contributed by atoms with Crippen LogP contribution in [0.4, 0.5) is 0 Å². The molecule has 6 nitrogen and oxygen atoms in total. The number of rotatable bonds is 5. The number of nitrogens with one attached hydrogen (secondary N) is 1. The van der Waals surface area contributed by atoms with Crippen LogP contribution in [0.2, 0.25) is 0 Å². The van der Waals surface area contributed by atoms with E-state index < -0.39 is 0 Å². The maximum Gasteiger partial charge on any atom is 0.194 e. The summed E-state index contributed by atoms with van der Waals surface area (Å²) in [6.07, 6.45) is 3.05. The highest BCUT2D eigenvalue weighted by Crippen LogP contribution is 2.21. The molecule has 0 saturated carbocycles. The molecule has 1 unspecified atom stereocenters. The van der Waals surface area contributed by atoms with Gasteiger partial charge in [-0.15, -0.1) is 40.8 Å². The first-order valence-corrected chi connectivity index (χ1v) is 8.81. The Bertz CT molecular complexity index is 530. The van der Waals surface area contributed by atoms with E-state index in [9.17, 15) is 0 Å². The number of aromatic nitrogens is 3. The molecule has 0 aliphatic carbocycles. The van der Waals surface area contributed by atoms with E-state index in [1.807, 2.05) is 24.6 Å². The van der Waals surface area contributed by atoms with Gasteiger partial charge in [0.2, 0.25) is 0 Å². The van der Waals surface area contributed by atoms with Crippen LogP contribution < -0.4 is 5.32 Å². The van der Waals surface area contributed by atoms with Crippen molar-refractivity contribution in [1.82, 2.24) is 25.0 Å². The van der Waals surface area contributed by atoms with Gasteiger partial charge in [-0.05, 0) is 13.3 Å². The molecule has 2 heterocycles. The number of aliphatic imine (C=N–C) groups is 1.